The lowest BCUT2D eigenvalue weighted by atomic mass is 9.82. The van der Waals surface area contributed by atoms with Crippen LogP contribution in [0.15, 0.2) is 211 Å². The Morgan fingerprint density at radius 2 is 0.935 bits per heavy atom. The van der Waals surface area contributed by atoms with Crippen molar-refractivity contribution in [2.45, 2.75) is 19.3 Å². The molecule has 1 aliphatic carbocycles. The van der Waals surface area contributed by atoms with Gasteiger partial charge in [0.05, 0.1) is 11.4 Å². The Hall–Kier alpha value is -7.88. The van der Waals surface area contributed by atoms with Gasteiger partial charge >= 0.3 is 0 Å². The maximum Gasteiger partial charge on any atom is 0.160 e. The molecule has 2 heterocycles. The second kappa shape index (κ2) is 14.1. The van der Waals surface area contributed by atoms with Gasteiger partial charge in [-0.25, -0.2) is 9.97 Å². The van der Waals surface area contributed by atoms with Crippen molar-refractivity contribution < 1.29 is 4.42 Å². The van der Waals surface area contributed by atoms with Gasteiger partial charge < -0.3 is 4.42 Å². The van der Waals surface area contributed by atoms with E-state index in [1.807, 2.05) is 30.3 Å². The fourth-order valence-corrected chi connectivity index (χ4v) is 9.67. The molecule has 9 aromatic carbocycles. The summed E-state index contributed by atoms with van der Waals surface area (Å²) in [5.41, 5.74) is 18.8. The van der Waals surface area contributed by atoms with E-state index in [1.54, 1.807) is 0 Å². The fourth-order valence-electron chi connectivity index (χ4n) is 9.67. The van der Waals surface area contributed by atoms with E-state index in [2.05, 4.69) is 190 Å². The van der Waals surface area contributed by atoms with E-state index in [9.17, 15) is 0 Å². The Bertz CT molecular complexity index is 3540. The van der Waals surface area contributed by atoms with Crippen LogP contribution in [0, 0.1) is 0 Å². The smallest absolute Gasteiger partial charge is 0.160 e. The lowest BCUT2D eigenvalue weighted by Gasteiger charge is -2.21. The normalized spacial score (nSPS) is 12.8. The molecule has 0 amide bonds. The minimum Gasteiger partial charge on any atom is -0.456 e. The van der Waals surface area contributed by atoms with Crippen LogP contribution in [-0.2, 0) is 5.41 Å². The minimum absolute atomic E-state index is 0.0209. The van der Waals surface area contributed by atoms with Crippen LogP contribution in [0.1, 0.15) is 25.0 Å². The van der Waals surface area contributed by atoms with E-state index >= 15 is 0 Å². The molecule has 0 bridgehead atoms. The Morgan fingerprint density at radius 3 is 1.81 bits per heavy atom. The van der Waals surface area contributed by atoms with E-state index in [4.69, 9.17) is 14.4 Å². The van der Waals surface area contributed by atoms with Gasteiger partial charge in [-0.05, 0) is 115 Å². The number of rotatable bonds is 6. The number of hydrogen-bond donors (Lipinski definition) is 0. The second-order valence-corrected chi connectivity index (χ2v) is 17.0. The zero-order valence-corrected chi connectivity index (χ0v) is 34.4. The molecule has 2 aromatic heterocycles. The van der Waals surface area contributed by atoms with Crippen molar-refractivity contribution in [1.29, 1.82) is 0 Å². The summed E-state index contributed by atoms with van der Waals surface area (Å²) in [6.07, 6.45) is 0. The van der Waals surface area contributed by atoms with Gasteiger partial charge in [0.25, 0.3) is 0 Å². The third kappa shape index (κ3) is 5.96. The lowest BCUT2D eigenvalue weighted by Crippen LogP contribution is -2.14. The summed E-state index contributed by atoms with van der Waals surface area (Å²) >= 11 is 0. The Kier molecular flexibility index (Phi) is 8.20. The average molecular weight is 793 g/mol. The molecule has 0 N–H and O–H groups in total. The zero-order valence-electron chi connectivity index (χ0n) is 34.4. The third-order valence-corrected chi connectivity index (χ3v) is 12.9. The quantitative estimate of drug-likeness (QED) is 0.168. The molecule has 0 unspecified atom stereocenters. The number of furan rings is 1. The second-order valence-electron chi connectivity index (χ2n) is 17.0. The van der Waals surface area contributed by atoms with Gasteiger partial charge in [0, 0.05) is 32.9 Å². The molecule has 11 aromatic rings. The van der Waals surface area contributed by atoms with Gasteiger partial charge in [-0.15, -0.1) is 0 Å². The van der Waals surface area contributed by atoms with Crippen molar-refractivity contribution in [2.24, 2.45) is 0 Å². The summed E-state index contributed by atoms with van der Waals surface area (Å²) in [6.45, 7) is 4.65. The number of fused-ring (bicyclic) bond motifs is 7. The zero-order chi connectivity index (χ0) is 41.4. The first-order chi connectivity index (χ1) is 30.4. The largest absolute Gasteiger partial charge is 0.456 e. The highest BCUT2D eigenvalue weighted by molar-refractivity contribution is 6.06. The van der Waals surface area contributed by atoms with E-state index in [1.165, 1.54) is 49.7 Å². The van der Waals surface area contributed by atoms with E-state index in [0.29, 0.717) is 5.82 Å². The Labute approximate surface area is 360 Å². The SMILES string of the molecule is CC1(C)c2ccccc2-c2cc(-c3ccc(-c4cc(-c5cc(-c6ccc7oc8ccccc8c7c6)cc(-c6cccc7ccccc67)c5)nc(-c5ccccc5)n4)cc3)ccc21. The number of para-hydroxylation sites is 1. The molecular weight excluding hydrogens is 753 g/mol. The lowest BCUT2D eigenvalue weighted by molar-refractivity contribution is 0.660. The van der Waals surface area contributed by atoms with E-state index in [-0.39, 0.29) is 5.41 Å². The Balaban J connectivity index is 1.01. The number of aromatic nitrogens is 2. The fraction of sp³-hybridized carbons (Fsp3) is 0.0508. The molecule has 0 aliphatic heterocycles. The minimum atomic E-state index is -0.0209. The monoisotopic (exact) mass is 792 g/mol. The highest BCUT2D eigenvalue weighted by Gasteiger charge is 2.35. The number of benzene rings is 9. The topological polar surface area (TPSA) is 38.9 Å². The standard InChI is InChI=1S/C59H40N2O/c1-59(2)52-21-10-8-18-48(52)50-34-41(27-29-53(50)59)37-23-25-39(26-24-37)54-36-55(61-58(60-54)40-14-4-3-5-15-40)45-32-43(31-44(33-45)47-20-12-16-38-13-6-7-17-46(38)47)42-28-30-57-51(35-42)49-19-9-11-22-56(49)62-57/h3-36H,1-2H3. The summed E-state index contributed by atoms with van der Waals surface area (Å²) in [5, 5.41) is 4.62. The predicted octanol–water partition coefficient (Wildman–Crippen LogP) is 15.8. The van der Waals surface area contributed by atoms with Gasteiger partial charge in [-0.2, -0.15) is 0 Å². The molecular formula is C59H40N2O. The first-order valence-electron chi connectivity index (χ1n) is 21.3. The molecule has 0 radical (unpaired) electrons. The summed E-state index contributed by atoms with van der Waals surface area (Å²) in [5.74, 6) is 0.686. The van der Waals surface area contributed by atoms with Crippen LogP contribution in [0.2, 0.25) is 0 Å². The molecule has 0 spiro atoms. The van der Waals surface area contributed by atoms with Gasteiger partial charge in [0.1, 0.15) is 11.2 Å². The molecule has 0 saturated heterocycles. The molecule has 0 fully saturated rings. The summed E-state index contributed by atoms with van der Waals surface area (Å²) in [6, 6.07) is 73.9. The molecule has 292 valence electrons. The summed E-state index contributed by atoms with van der Waals surface area (Å²) in [7, 11) is 0. The van der Waals surface area contributed by atoms with Gasteiger partial charge in [-0.3, -0.25) is 0 Å². The predicted molar refractivity (Wildman–Crippen MR) is 257 cm³/mol. The van der Waals surface area contributed by atoms with Crippen molar-refractivity contribution in [3.8, 4) is 78.4 Å². The van der Waals surface area contributed by atoms with Crippen molar-refractivity contribution in [2.75, 3.05) is 0 Å². The van der Waals surface area contributed by atoms with Crippen LogP contribution >= 0.6 is 0 Å². The average Bonchev–Trinajstić information content (AvgIpc) is 3.82. The molecule has 62 heavy (non-hydrogen) atoms. The van der Waals surface area contributed by atoms with Crippen LogP contribution in [-0.4, -0.2) is 9.97 Å². The maximum atomic E-state index is 6.24. The van der Waals surface area contributed by atoms with Crippen LogP contribution in [0.25, 0.3) is 111 Å². The van der Waals surface area contributed by atoms with Crippen LogP contribution in [0.3, 0.4) is 0 Å². The molecule has 12 rings (SSSR count). The number of nitrogens with zero attached hydrogens (tertiary/aromatic N) is 2. The number of hydrogen-bond acceptors (Lipinski definition) is 3. The van der Waals surface area contributed by atoms with Gasteiger partial charge in [-0.1, -0.05) is 172 Å². The molecule has 1 aliphatic rings. The molecule has 0 atom stereocenters. The maximum absolute atomic E-state index is 6.24. The highest BCUT2D eigenvalue weighted by Crippen LogP contribution is 2.49. The van der Waals surface area contributed by atoms with Crippen LogP contribution in [0.4, 0.5) is 0 Å². The van der Waals surface area contributed by atoms with Gasteiger partial charge in [0.2, 0.25) is 0 Å². The van der Waals surface area contributed by atoms with Crippen LogP contribution < -0.4 is 0 Å². The van der Waals surface area contributed by atoms with Crippen LogP contribution in [0.5, 0.6) is 0 Å². The molecule has 3 heteroatoms. The van der Waals surface area contributed by atoms with E-state index < -0.39 is 0 Å². The van der Waals surface area contributed by atoms with Gasteiger partial charge in [0.15, 0.2) is 5.82 Å². The van der Waals surface area contributed by atoms with Crippen molar-refractivity contribution >= 4 is 32.7 Å². The Morgan fingerprint density at radius 1 is 0.339 bits per heavy atom. The van der Waals surface area contributed by atoms with Crippen molar-refractivity contribution in [1.82, 2.24) is 9.97 Å². The first kappa shape index (κ1) is 36.0. The summed E-state index contributed by atoms with van der Waals surface area (Å²) in [4.78, 5) is 10.5. The summed E-state index contributed by atoms with van der Waals surface area (Å²) < 4.78 is 6.24. The van der Waals surface area contributed by atoms with E-state index in [0.717, 1.165) is 66.7 Å². The molecule has 3 nitrogen and oxygen atoms in total. The van der Waals surface area contributed by atoms with Crippen molar-refractivity contribution in [3.63, 3.8) is 0 Å². The highest BCUT2D eigenvalue weighted by atomic mass is 16.3. The molecule has 0 saturated carbocycles. The third-order valence-electron chi connectivity index (χ3n) is 12.9. The first-order valence-corrected chi connectivity index (χ1v) is 21.3. The van der Waals surface area contributed by atoms with Crippen molar-refractivity contribution in [3.05, 3.63) is 217 Å².